The molecule has 1 N–H and O–H groups in total. The lowest BCUT2D eigenvalue weighted by Crippen LogP contribution is -2.36. The van der Waals surface area contributed by atoms with Crippen LogP contribution in [-0.4, -0.2) is 42.5 Å². The van der Waals surface area contributed by atoms with E-state index in [1.807, 2.05) is 4.90 Å². The molecular weight excluding hydrogens is 314 g/mol. The lowest BCUT2D eigenvalue weighted by Gasteiger charge is -2.25. The molecule has 0 spiro atoms. The van der Waals surface area contributed by atoms with Crippen molar-refractivity contribution in [3.05, 3.63) is 28.8 Å². The zero-order valence-corrected chi connectivity index (χ0v) is 13.7. The number of halogens is 1. The van der Waals surface area contributed by atoms with Gasteiger partial charge in [-0.1, -0.05) is 18.0 Å². The Bertz CT molecular complexity index is 663. The molecule has 2 aliphatic heterocycles. The molecule has 1 aromatic carbocycles. The fourth-order valence-corrected chi connectivity index (χ4v) is 4.40. The summed E-state index contributed by atoms with van der Waals surface area (Å²) in [6.45, 7) is 2.06. The van der Waals surface area contributed by atoms with Crippen molar-refractivity contribution < 1.29 is 9.59 Å². The second-order valence-electron chi connectivity index (χ2n) is 6.59. The SMILES string of the molecule is O=C1NCCN1c1ccc(Cl)c(C(=O)N2CC[C@@H]3CCC[C@@H]32)c1. The third-order valence-corrected chi connectivity index (χ3v) is 5.70. The van der Waals surface area contributed by atoms with Gasteiger partial charge in [-0.15, -0.1) is 0 Å². The standard InChI is InChI=1S/C17H20ClN3O2/c18-14-5-4-12(20-9-7-19-17(20)23)10-13(14)16(22)21-8-6-11-2-1-3-15(11)21/h4-5,10-11,15H,1-3,6-9H2,(H,19,23)/t11-,15-/m0/s1. The highest BCUT2D eigenvalue weighted by Gasteiger charge is 2.40. The number of benzene rings is 1. The van der Waals surface area contributed by atoms with Crippen LogP contribution in [0.2, 0.25) is 5.02 Å². The van der Waals surface area contributed by atoms with E-state index in [4.69, 9.17) is 11.6 Å². The van der Waals surface area contributed by atoms with E-state index in [-0.39, 0.29) is 11.9 Å². The fraction of sp³-hybridized carbons (Fsp3) is 0.529. The maximum Gasteiger partial charge on any atom is 0.321 e. The van der Waals surface area contributed by atoms with Crippen molar-refractivity contribution in [3.8, 4) is 0 Å². The molecule has 6 heteroatoms. The predicted octanol–water partition coefficient (Wildman–Crippen LogP) is 2.88. The van der Waals surface area contributed by atoms with Gasteiger partial charge in [0.25, 0.3) is 5.91 Å². The van der Waals surface area contributed by atoms with E-state index in [1.165, 1.54) is 12.8 Å². The Labute approximate surface area is 140 Å². The summed E-state index contributed by atoms with van der Waals surface area (Å²) in [5.41, 5.74) is 1.24. The molecule has 122 valence electrons. The molecule has 0 aromatic heterocycles. The predicted molar refractivity (Wildman–Crippen MR) is 89.0 cm³/mol. The molecule has 23 heavy (non-hydrogen) atoms. The summed E-state index contributed by atoms with van der Waals surface area (Å²) in [5.74, 6) is 0.663. The minimum absolute atomic E-state index is 0.00542. The number of urea groups is 1. The van der Waals surface area contributed by atoms with E-state index in [0.717, 1.165) is 25.1 Å². The number of amides is 3. The summed E-state index contributed by atoms with van der Waals surface area (Å²) in [4.78, 5) is 28.5. The molecule has 4 rings (SSSR count). The van der Waals surface area contributed by atoms with E-state index < -0.39 is 0 Å². The zero-order chi connectivity index (χ0) is 16.0. The number of hydrogen-bond acceptors (Lipinski definition) is 2. The first-order chi connectivity index (χ1) is 11.1. The van der Waals surface area contributed by atoms with E-state index in [2.05, 4.69) is 5.32 Å². The van der Waals surface area contributed by atoms with Crippen LogP contribution in [0.1, 0.15) is 36.0 Å². The number of carbonyl (C=O) groups is 2. The highest BCUT2D eigenvalue weighted by atomic mass is 35.5. The van der Waals surface area contributed by atoms with Crippen LogP contribution in [0.15, 0.2) is 18.2 Å². The molecule has 3 aliphatic rings. The number of nitrogens with zero attached hydrogens (tertiary/aromatic N) is 2. The van der Waals surface area contributed by atoms with Gasteiger partial charge in [0.2, 0.25) is 0 Å². The second-order valence-corrected chi connectivity index (χ2v) is 7.00. The van der Waals surface area contributed by atoms with Crippen LogP contribution in [0, 0.1) is 5.92 Å². The van der Waals surface area contributed by atoms with Crippen LogP contribution in [0.3, 0.4) is 0 Å². The lowest BCUT2D eigenvalue weighted by molar-refractivity contribution is 0.0729. The first-order valence-corrected chi connectivity index (χ1v) is 8.69. The van der Waals surface area contributed by atoms with Crippen LogP contribution in [0.5, 0.6) is 0 Å². The summed E-state index contributed by atoms with van der Waals surface area (Å²) in [6, 6.07) is 5.53. The maximum atomic E-state index is 13.0. The van der Waals surface area contributed by atoms with Crippen molar-refractivity contribution in [2.24, 2.45) is 5.92 Å². The Morgan fingerprint density at radius 1 is 1.22 bits per heavy atom. The molecule has 0 radical (unpaired) electrons. The average Bonchev–Trinajstić information content (AvgIpc) is 3.23. The molecule has 5 nitrogen and oxygen atoms in total. The Morgan fingerprint density at radius 3 is 2.87 bits per heavy atom. The van der Waals surface area contributed by atoms with Gasteiger partial charge in [0.05, 0.1) is 10.6 Å². The van der Waals surface area contributed by atoms with Crippen LogP contribution < -0.4 is 10.2 Å². The zero-order valence-electron chi connectivity index (χ0n) is 12.9. The minimum Gasteiger partial charge on any atom is -0.336 e. The van der Waals surface area contributed by atoms with E-state index >= 15 is 0 Å². The molecule has 2 saturated heterocycles. The molecule has 0 unspecified atom stereocenters. The molecule has 1 saturated carbocycles. The van der Waals surface area contributed by atoms with Crippen molar-refractivity contribution >= 4 is 29.2 Å². The molecule has 1 aliphatic carbocycles. The number of rotatable bonds is 2. The molecule has 2 heterocycles. The van der Waals surface area contributed by atoms with Gasteiger partial charge in [0.15, 0.2) is 0 Å². The first kappa shape index (κ1) is 14.8. The number of nitrogens with one attached hydrogen (secondary N) is 1. The van der Waals surface area contributed by atoms with Gasteiger partial charge in [-0.25, -0.2) is 4.79 Å². The number of fused-ring (bicyclic) bond motifs is 1. The number of hydrogen-bond donors (Lipinski definition) is 1. The Hall–Kier alpha value is -1.75. The smallest absolute Gasteiger partial charge is 0.321 e. The Balaban J connectivity index is 1.62. The number of likely N-dealkylation sites (tertiary alicyclic amines) is 1. The van der Waals surface area contributed by atoms with Crippen molar-refractivity contribution in [2.75, 3.05) is 24.5 Å². The Morgan fingerprint density at radius 2 is 2.09 bits per heavy atom. The van der Waals surface area contributed by atoms with E-state index in [1.54, 1.807) is 23.1 Å². The highest BCUT2D eigenvalue weighted by Crippen LogP contribution is 2.39. The summed E-state index contributed by atoms with van der Waals surface area (Å²) in [7, 11) is 0. The van der Waals surface area contributed by atoms with Crippen LogP contribution >= 0.6 is 11.6 Å². The van der Waals surface area contributed by atoms with Crippen LogP contribution in [0.4, 0.5) is 10.5 Å². The van der Waals surface area contributed by atoms with Gasteiger partial charge in [-0.3, -0.25) is 9.69 Å². The third-order valence-electron chi connectivity index (χ3n) is 5.37. The number of carbonyl (C=O) groups excluding carboxylic acids is 2. The molecule has 3 amide bonds. The van der Waals surface area contributed by atoms with Crippen molar-refractivity contribution in [2.45, 2.75) is 31.7 Å². The summed E-state index contributed by atoms with van der Waals surface area (Å²) < 4.78 is 0. The number of anilines is 1. The first-order valence-electron chi connectivity index (χ1n) is 8.31. The lowest BCUT2D eigenvalue weighted by atomic mass is 10.0. The molecule has 0 bridgehead atoms. The molecule has 3 fully saturated rings. The summed E-state index contributed by atoms with van der Waals surface area (Å²) in [6.07, 6.45) is 4.64. The normalized spacial score (nSPS) is 26.6. The van der Waals surface area contributed by atoms with Crippen molar-refractivity contribution in [3.63, 3.8) is 0 Å². The average molecular weight is 334 g/mol. The van der Waals surface area contributed by atoms with Crippen LogP contribution in [-0.2, 0) is 0 Å². The van der Waals surface area contributed by atoms with E-state index in [9.17, 15) is 9.59 Å². The molecule has 1 aromatic rings. The van der Waals surface area contributed by atoms with Crippen molar-refractivity contribution in [1.82, 2.24) is 10.2 Å². The van der Waals surface area contributed by atoms with Crippen molar-refractivity contribution in [1.29, 1.82) is 0 Å². The second kappa shape index (κ2) is 5.71. The largest absolute Gasteiger partial charge is 0.336 e. The Kier molecular flexibility index (Phi) is 3.68. The summed E-state index contributed by atoms with van der Waals surface area (Å²) >= 11 is 6.29. The minimum atomic E-state index is -0.122. The monoisotopic (exact) mass is 333 g/mol. The van der Waals surface area contributed by atoms with Gasteiger partial charge in [0, 0.05) is 31.4 Å². The topological polar surface area (TPSA) is 52.7 Å². The van der Waals surface area contributed by atoms with Gasteiger partial charge in [-0.2, -0.15) is 0 Å². The third kappa shape index (κ3) is 2.47. The molecular formula is C17H20ClN3O2. The molecule has 2 atom stereocenters. The maximum absolute atomic E-state index is 13.0. The quantitative estimate of drug-likeness (QED) is 0.904. The van der Waals surface area contributed by atoms with Gasteiger partial charge in [-0.05, 0) is 43.4 Å². The summed E-state index contributed by atoms with van der Waals surface area (Å²) in [5, 5.41) is 3.23. The van der Waals surface area contributed by atoms with Gasteiger partial charge >= 0.3 is 6.03 Å². The van der Waals surface area contributed by atoms with E-state index in [0.29, 0.717) is 35.6 Å². The van der Waals surface area contributed by atoms with Gasteiger partial charge < -0.3 is 10.2 Å². The highest BCUT2D eigenvalue weighted by molar-refractivity contribution is 6.34. The fourth-order valence-electron chi connectivity index (χ4n) is 4.20. The van der Waals surface area contributed by atoms with Gasteiger partial charge in [0.1, 0.15) is 0 Å². The van der Waals surface area contributed by atoms with Crippen LogP contribution in [0.25, 0.3) is 0 Å².